The number of hydrogen-bond acceptors (Lipinski definition) is 5. The number of thioether (sulfide) groups is 1. The number of nitrogens with zero attached hydrogens (tertiary/aromatic N) is 1. The number of carbonyl (C=O) groups excluding carboxylic acids is 2. The van der Waals surface area contributed by atoms with E-state index in [1.165, 1.54) is 12.1 Å². The molecule has 31 heavy (non-hydrogen) atoms. The Morgan fingerprint density at radius 3 is 2.87 bits per heavy atom. The van der Waals surface area contributed by atoms with Crippen molar-refractivity contribution in [3.05, 3.63) is 88.9 Å². The number of nitrogens with one attached hydrogen (secondary N) is 1. The topological polar surface area (TPSA) is 68.3 Å². The lowest BCUT2D eigenvalue weighted by molar-refractivity contribution is -0.111. The molecule has 3 aromatic rings. The van der Waals surface area contributed by atoms with Crippen LogP contribution < -0.4 is 5.32 Å². The summed E-state index contributed by atoms with van der Waals surface area (Å²) < 4.78 is 19.6. The Bertz CT molecular complexity index is 1240. The molecule has 0 radical (unpaired) electrons. The quantitative estimate of drug-likeness (QED) is 0.473. The van der Waals surface area contributed by atoms with Gasteiger partial charge in [0.1, 0.15) is 23.2 Å². The van der Waals surface area contributed by atoms with E-state index in [1.807, 2.05) is 36.4 Å². The number of pyridine rings is 1. The summed E-state index contributed by atoms with van der Waals surface area (Å²) in [4.78, 5) is 28.9. The van der Waals surface area contributed by atoms with E-state index in [0.29, 0.717) is 47.1 Å². The van der Waals surface area contributed by atoms with Crippen molar-refractivity contribution in [1.29, 1.82) is 0 Å². The third-order valence-corrected chi connectivity index (χ3v) is 6.10. The molecule has 0 saturated heterocycles. The van der Waals surface area contributed by atoms with Crippen molar-refractivity contribution in [1.82, 2.24) is 4.98 Å². The molecule has 2 aliphatic heterocycles. The van der Waals surface area contributed by atoms with Gasteiger partial charge in [0, 0.05) is 35.0 Å². The van der Waals surface area contributed by atoms with E-state index in [9.17, 15) is 14.0 Å². The van der Waals surface area contributed by atoms with Crippen LogP contribution in [-0.2, 0) is 27.4 Å². The SMILES string of the molecule is O=C(CCc1ccc2c(c1)COC2=C1C(=O)Nc2ccc(F)cc21)Sc1ccccn1. The molecule has 5 rings (SSSR count). The van der Waals surface area contributed by atoms with Gasteiger partial charge in [0.25, 0.3) is 5.91 Å². The van der Waals surface area contributed by atoms with Gasteiger partial charge in [-0.15, -0.1) is 0 Å². The molecule has 0 unspecified atom stereocenters. The lowest BCUT2D eigenvalue weighted by Gasteiger charge is -2.06. The highest BCUT2D eigenvalue weighted by Gasteiger charge is 2.32. The van der Waals surface area contributed by atoms with Crippen LogP contribution in [0.5, 0.6) is 0 Å². The minimum atomic E-state index is -0.407. The zero-order valence-corrected chi connectivity index (χ0v) is 17.2. The molecule has 0 spiro atoms. The largest absolute Gasteiger partial charge is 0.487 e. The second kappa shape index (κ2) is 8.00. The van der Waals surface area contributed by atoms with Gasteiger partial charge in [-0.25, -0.2) is 9.37 Å². The van der Waals surface area contributed by atoms with Gasteiger partial charge in [-0.2, -0.15) is 0 Å². The van der Waals surface area contributed by atoms with E-state index in [4.69, 9.17) is 4.74 Å². The fraction of sp³-hybridized carbons (Fsp3) is 0.125. The number of fused-ring (bicyclic) bond motifs is 2. The highest BCUT2D eigenvalue weighted by Crippen LogP contribution is 2.42. The molecule has 7 heteroatoms. The fourth-order valence-corrected chi connectivity index (χ4v) is 4.46. The number of amides is 1. The Balaban J connectivity index is 1.35. The second-order valence-corrected chi connectivity index (χ2v) is 8.35. The number of carbonyl (C=O) groups is 2. The molecule has 0 atom stereocenters. The zero-order chi connectivity index (χ0) is 21.4. The third-order valence-electron chi connectivity index (χ3n) is 5.21. The number of halogens is 1. The van der Waals surface area contributed by atoms with Gasteiger partial charge in [-0.05, 0) is 54.1 Å². The van der Waals surface area contributed by atoms with Crippen LogP contribution in [0.4, 0.5) is 10.1 Å². The Kier molecular flexibility index (Phi) is 5.03. The molecule has 2 aromatic carbocycles. The van der Waals surface area contributed by atoms with Crippen molar-refractivity contribution in [3.63, 3.8) is 0 Å². The van der Waals surface area contributed by atoms with Crippen LogP contribution in [0, 0.1) is 5.82 Å². The summed E-state index contributed by atoms with van der Waals surface area (Å²) in [6.07, 6.45) is 2.66. The Morgan fingerprint density at radius 1 is 1.13 bits per heavy atom. The van der Waals surface area contributed by atoms with Crippen molar-refractivity contribution >= 4 is 39.8 Å². The summed E-state index contributed by atoms with van der Waals surface area (Å²) in [6.45, 7) is 0.330. The Morgan fingerprint density at radius 2 is 2.03 bits per heavy atom. The normalized spacial score (nSPS) is 16.5. The number of ether oxygens (including phenoxy) is 1. The minimum Gasteiger partial charge on any atom is -0.487 e. The third kappa shape index (κ3) is 3.84. The predicted molar refractivity (Wildman–Crippen MR) is 116 cm³/mol. The van der Waals surface area contributed by atoms with Crippen LogP contribution in [0.3, 0.4) is 0 Å². The highest BCUT2D eigenvalue weighted by atomic mass is 32.2. The van der Waals surface area contributed by atoms with E-state index in [0.717, 1.165) is 28.5 Å². The number of hydrogen-bond donors (Lipinski definition) is 1. The van der Waals surface area contributed by atoms with Crippen molar-refractivity contribution in [2.45, 2.75) is 24.5 Å². The van der Waals surface area contributed by atoms with Crippen molar-refractivity contribution in [2.24, 2.45) is 0 Å². The maximum atomic E-state index is 13.8. The fourth-order valence-electron chi connectivity index (χ4n) is 3.76. The van der Waals surface area contributed by atoms with Gasteiger partial charge >= 0.3 is 0 Å². The summed E-state index contributed by atoms with van der Waals surface area (Å²) in [5.41, 5.74) is 4.22. The number of aryl methyl sites for hydroxylation is 1. The van der Waals surface area contributed by atoms with Crippen LogP contribution in [0.2, 0.25) is 0 Å². The second-order valence-electron chi connectivity index (χ2n) is 7.27. The monoisotopic (exact) mass is 432 g/mol. The first-order valence-corrected chi connectivity index (χ1v) is 10.6. The standard InChI is InChI=1S/C24H17FN2O3S/c25-16-6-8-19-18(12-16)22(24(29)27-19)23-17-7-4-14(11-15(17)13-30-23)5-9-21(28)31-20-3-1-2-10-26-20/h1-4,6-8,10-12H,5,9,13H2,(H,27,29). The molecule has 0 bridgehead atoms. The first kappa shape index (κ1) is 19.5. The molecule has 3 heterocycles. The highest BCUT2D eigenvalue weighted by molar-refractivity contribution is 8.13. The minimum absolute atomic E-state index is 0.0551. The van der Waals surface area contributed by atoms with E-state index < -0.39 is 5.82 Å². The summed E-state index contributed by atoms with van der Waals surface area (Å²) in [7, 11) is 0. The molecule has 1 amide bonds. The molecule has 5 nitrogen and oxygen atoms in total. The van der Waals surface area contributed by atoms with Crippen LogP contribution in [0.1, 0.15) is 28.7 Å². The molecule has 0 saturated carbocycles. The average molecular weight is 432 g/mol. The number of rotatable bonds is 4. The smallest absolute Gasteiger partial charge is 0.260 e. The lowest BCUT2D eigenvalue weighted by atomic mass is 9.98. The summed E-state index contributed by atoms with van der Waals surface area (Å²) in [5, 5.41) is 3.51. The zero-order valence-electron chi connectivity index (χ0n) is 16.4. The van der Waals surface area contributed by atoms with Gasteiger partial charge < -0.3 is 10.1 Å². The van der Waals surface area contributed by atoms with E-state index in [2.05, 4.69) is 10.3 Å². The molecule has 2 aliphatic rings. The summed E-state index contributed by atoms with van der Waals surface area (Å²) in [6, 6.07) is 15.5. The summed E-state index contributed by atoms with van der Waals surface area (Å²) >= 11 is 1.14. The van der Waals surface area contributed by atoms with Crippen molar-refractivity contribution < 1.29 is 18.7 Å². The van der Waals surface area contributed by atoms with Crippen molar-refractivity contribution in [3.8, 4) is 0 Å². The number of benzene rings is 2. The van der Waals surface area contributed by atoms with Gasteiger partial charge in [0.2, 0.25) is 0 Å². The van der Waals surface area contributed by atoms with Gasteiger partial charge in [-0.3, -0.25) is 9.59 Å². The van der Waals surface area contributed by atoms with E-state index in [1.54, 1.807) is 12.3 Å². The molecule has 0 aliphatic carbocycles. The molecule has 1 aromatic heterocycles. The first-order chi connectivity index (χ1) is 15.1. The Hall–Kier alpha value is -3.45. The van der Waals surface area contributed by atoms with Crippen LogP contribution in [0.25, 0.3) is 11.3 Å². The molecule has 1 N–H and O–H groups in total. The van der Waals surface area contributed by atoms with Gasteiger partial charge in [0.15, 0.2) is 5.12 Å². The van der Waals surface area contributed by atoms with Crippen LogP contribution >= 0.6 is 11.8 Å². The molecular formula is C24H17FN2O3S. The maximum absolute atomic E-state index is 13.8. The number of aromatic nitrogens is 1. The van der Waals surface area contributed by atoms with Crippen LogP contribution in [0.15, 0.2) is 65.8 Å². The van der Waals surface area contributed by atoms with Gasteiger partial charge in [-0.1, -0.05) is 24.3 Å². The average Bonchev–Trinajstić information content (AvgIpc) is 3.32. The maximum Gasteiger partial charge on any atom is 0.260 e. The predicted octanol–water partition coefficient (Wildman–Crippen LogP) is 4.82. The van der Waals surface area contributed by atoms with E-state index >= 15 is 0 Å². The molecule has 154 valence electrons. The molecule has 0 fully saturated rings. The number of anilines is 1. The Labute approximate surface area is 182 Å². The summed E-state index contributed by atoms with van der Waals surface area (Å²) in [5.74, 6) is -0.245. The first-order valence-electron chi connectivity index (χ1n) is 9.81. The van der Waals surface area contributed by atoms with Crippen LogP contribution in [-0.4, -0.2) is 16.0 Å². The lowest BCUT2D eigenvalue weighted by Crippen LogP contribution is -2.05. The molecular weight excluding hydrogens is 415 g/mol. The van der Waals surface area contributed by atoms with Crippen molar-refractivity contribution in [2.75, 3.05) is 5.32 Å². The van der Waals surface area contributed by atoms with Gasteiger partial charge in [0.05, 0.1) is 5.57 Å². The van der Waals surface area contributed by atoms with E-state index in [-0.39, 0.29) is 11.0 Å².